The van der Waals surface area contributed by atoms with Crippen LogP contribution in [0.25, 0.3) is 5.69 Å². The number of hydrogen-bond acceptors (Lipinski definition) is 4. The van der Waals surface area contributed by atoms with Crippen molar-refractivity contribution in [3.8, 4) is 5.69 Å². The van der Waals surface area contributed by atoms with Crippen molar-refractivity contribution >= 4 is 5.91 Å². The molecule has 0 saturated carbocycles. The number of amides is 1. The Labute approximate surface area is 156 Å². The molecule has 1 fully saturated rings. The SMILES string of the molecule is Cc1nc(C2CCN(C(=O)c3ccccn3)CC2)n(-c2ccccc2F)n1. The van der Waals surface area contributed by atoms with Crippen molar-refractivity contribution in [1.82, 2.24) is 24.6 Å². The summed E-state index contributed by atoms with van der Waals surface area (Å²) in [5.41, 5.74) is 0.862. The summed E-state index contributed by atoms with van der Waals surface area (Å²) in [5.74, 6) is 1.11. The van der Waals surface area contributed by atoms with Crippen LogP contribution >= 0.6 is 0 Å². The average Bonchev–Trinajstić information content (AvgIpc) is 3.10. The van der Waals surface area contributed by atoms with Crippen LogP contribution in [-0.2, 0) is 0 Å². The maximum Gasteiger partial charge on any atom is 0.272 e. The molecular weight excluding hydrogens is 345 g/mol. The number of nitrogens with zero attached hydrogens (tertiary/aromatic N) is 5. The fourth-order valence-corrected chi connectivity index (χ4v) is 3.49. The number of para-hydroxylation sites is 1. The summed E-state index contributed by atoms with van der Waals surface area (Å²) in [7, 11) is 0. The highest BCUT2D eigenvalue weighted by molar-refractivity contribution is 5.92. The summed E-state index contributed by atoms with van der Waals surface area (Å²) in [4.78, 5) is 23.1. The first-order valence-corrected chi connectivity index (χ1v) is 9.02. The zero-order chi connectivity index (χ0) is 18.8. The molecule has 1 aromatic carbocycles. The van der Waals surface area contributed by atoms with Crippen molar-refractivity contribution in [1.29, 1.82) is 0 Å². The van der Waals surface area contributed by atoms with Crippen molar-refractivity contribution in [2.75, 3.05) is 13.1 Å². The lowest BCUT2D eigenvalue weighted by Crippen LogP contribution is -2.38. The van der Waals surface area contributed by atoms with Crippen molar-refractivity contribution in [2.45, 2.75) is 25.7 Å². The van der Waals surface area contributed by atoms with Gasteiger partial charge in [0.15, 0.2) is 0 Å². The van der Waals surface area contributed by atoms with E-state index in [0.29, 0.717) is 30.3 Å². The lowest BCUT2D eigenvalue weighted by Gasteiger charge is -2.31. The predicted molar refractivity (Wildman–Crippen MR) is 98.2 cm³/mol. The highest BCUT2D eigenvalue weighted by Gasteiger charge is 2.29. The van der Waals surface area contributed by atoms with E-state index in [4.69, 9.17) is 0 Å². The minimum absolute atomic E-state index is 0.0548. The van der Waals surface area contributed by atoms with Crippen LogP contribution < -0.4 is 0 Å². The zero-order valence-electron chi connectivity index (χ0n) is 15.0. The zero-order valence-corrected chi connectivity index (χ0v) is 15.0. The van der Waals surface area contributed by atoms with Crippen molar-refractivity contribution < 1.29 is 9.18 Å². The number of aromatic nitrogens is 4. The van der Waals surface area contributed by atoms with Gasteiger partial charge >= 0.3 is 0 Å². The van der Waals surface area contributed by atoms with Crippen LogP contribution in [0.3, 0.4) is 0 Å². The Balaban J connectivity index is 1.52. The fraction of sp³-hybridized carbons (Fsp3) is 0.300. The molecule has 0 atom stereocenters. The van der Waals surface area contributed by atoms with Crippen LogP contribution in [0.1, 0.15) is 40.9 Å². The van der Waals surface area contributed by atoms with Crippen molar-refractivity contribution in [2.24, 2.45) is 0 Å². The van der Waals surface area contributed by atoms with E-state index in [-0.39, 0.29) is 17.6 Å². The number of carbonyl (C=O) groups excluding carboxylic acids is 1. The number of likely N-dealkylation sites (tertiary alicyclic amines) is 1. The average molecular weight is 365 g/mol. The Morgan fingerprint density at radius 2 is 1.85 bits per heavy atom. The van der Waals surface area contributed by atoms with Gasteiger partial charge in [0.25, 0.3) is 5.91 Å². The van der Waals surface area contributed by atoms with E-state index in [1.165, 1.54) is 6.07 Å². The van der Waals surface area contributed by atoms with Crippen LogP contribution in [0, 0.1) is 12.7 Å². The number of halogens is 1. The fourth-order valence-electron chi connectivity index (χ4n) is 3.49. The Morgan fingerprint density at radius 1 is 1.11 bits per heavy atom. The molecule has 1 saturated heterocycles. The highest BCUT2D eigenvalue weighted by Crippen LogP contribution is 2.29. The molecule has 2 aromatic heterocycles. The van der Waals surface area contributed by atoms with Crippen LogP contribution in [0.4, 0.5) is 4.39 Å². The summed E-state index contributed by atoms with van der Waals surface area (Å²) < 4.78 is 15.8. The van der Waals surface area contributed by atoms with E-state index in [1.807, 2.05) is 11.0 Å². The van der Waals surface area contributed by atoms with Gasteiger partial charge in [0, 0.05) is 25.2 Å². The molecule has 138 valence electrons. The lowest BCUT2D eigenvalue weighted by atomic mass is 9.95. The van der Waals surface area contributed by atoms with Gasteiger partial charge in [0.2, 0.25) is 0 Å². The van der Waals surface area contributed by atoms with E-state index in [1.54, 1.807) is 48.1 Å². The Hall–Kier alpha value is -3.09. The summed E-state index contributed by atoms with van der Waals surface area (Å²) >= 11 is 0. The molecule has 0 spiro atoms. The molecule has 7 heteroatoms. The number of rotatable bonds is 3. The maximum atomic E-state index is 14.2. The van der Waals surface area contributed by atoms with Gasteiger partial charge in [-0.3, -0.25) is 9.78 Å². The predicted octanol–water partition coefficient (Wildman–Crippen LogP) is 3.13. The van der Waals surface area contributed by atoms with E-state index in [2.05, 4.69) is 15.1 Å². The quantitative estimate of drug-likeness (QED) is 0.715. The molecule has 3 heterocycles. The number of pyridine rings is 1. The summed E-state index contributed by atoms with van der Waals surface area (Å²) in [6.45, 7) is 3.03. The lowest BCUT2D eigenvalue weighted by molar-refractivity contribution is 0.0704. The molecule has 27 heavy (non-hydrogen) atoms. The third-order valence-corrected chi connectivity index (χ3v) is 4.85. The molecule has 3 aromatic rings. The monoisotopic (exact) mass is 365 g/mol. The van der Waals surface area contributed by atoms with Gasteiger partial charge in [-0.05, 0) is 44.0 Å². The smallest absolute Gasteiger partial charge is 0.272 e. The number of benzene rings is 1. The van der Waals surface area contributed by atoms with Crippen molar-refractivity contribution in [3.63, 3.8) is 0 Å². The first kappa shape index (κ1) is 17.3. The van der Waals surface area contributed by atoms with Gasteiger partial charge in [0.05, 0.1) is 0 Å². The molecule has 6 nitrogen and oxygen atoms in total. The number of piperidine rings is 1. The van der Waals surface area contributed by atoms with Crippen LogP contribution in [0.2, 0.25) is 0 Å². The van der Waals surface area contributed by atoms with Gasteiger partial charge in [-0.15, -0.1) is 0 Å². The highest BCUT2D eigenvalue weighted by atomic mass is 19.1. The minimum Gasteiger partial charge on any atom is -0.337 e. The second kappa shape index (κ2) is 7.26. The van der Waals surface area contributed by atoms with Crippen LogP contribution in [0.5, 0.6) is 0 Å². The summed E-state index contributed by atoms with van der Waals surface area (Å²) in [6.07, 6.45) is 3.13. The molecule has 0 unspecified atom stereocenters. The van der Waals surface area contributed by atoms with Crippen LogP contribution in [0.15, 0.2) is 48.7 Å². The first-order chi connectivity index (χ1) is 13.1. The molecule has 1 amide bonds. The molecule has 4 rings (SSSR count). The molecule has 0 N–H and O–H groups in total. The number of aryl methyl sites for hydroxylation is 1. The second-order valence-electron chi connectivity index (χ2n) is 6.66. The number of carbonyl (C=O) groups is 1. The standard InChI is InChI=1S/C20H20FN5O/c1-14-23-19(26(24-14)18-8-3-2-6-16(18)21)15-9-12-25(13-10-15)20(27)17-7-4-5-11-22-17/h2-8,11,15H,9-10,12-13H2,1H3. The minimum atomic E-state index is -0.327. The Kier molecular flexibility index (Phi) is 4.66. The topological polar surface area (TPSA) is 63.9 Å². The molecule has 0 bridgehead atoms. The molecule has 1 aliphatic rings. The van der Waals surface area contributed by atoms with E-state index in [9.17, 15) is 9.18 Å². The molecule has 0 aliphatic carbocycles. The normalized spacial score (nSPS) is 15.1. The maximum absolute atomic E-state index is 14.2. The molecular formula is C20H20FN5O. The summed E-state index contributed by atoms with van der Waals surface area (Å²) in [6, 6.07) is 11.9. The van der Waals surface area contributed by atoms with Gasteiger partial charge in [-0.1, -0.05) is 18.2 Å². The van der Waals surface area contributed by atoms with Gasteiger partial charge in [-0.25, -0.2) is 14.1 Å². The van der Waals surface area contributed by atoms with E-state index >= 15 is 0 Å². The second-order valence-corrected chi connectivity index (χ2v) is 6.66. The largest absolute Gasteiger partial charge is 0.337 e. The van der Waals surface area contributed by atoms with Crippen LogP contribution in [-0.4, -0.2) is 43.6 Å². The first-order valence-electron chi connectivity index (χ1n) is 9.02. The van der Waals surface area contributed by atoms with E-state index in [0.717, 1.165) is 18.7 Å². The Morgan fingerprint density at radius 3 is 2.56 bits per heavy atom. The molecule has 0 radical (unpaired) electrons. The number of hydrogen-bond donors (Lipinski definition) is 0. The third-order valence-electron chi connectivity index (χ3n) is 4.85. The van der Waals surface area contributed by atoms with Gasteiger partial charge in [0.1, 0.15) is 28.8 Å². The Bertz CT molecular complexity index is 948. The van der Waals surface area contributed by atoms with E-state index < -0.39 is 0 Å². The van der Waals surface area contributed by atoms with Gasteiger partial charge in [-0.2, -0.15) is 5.10 Å². The summed E-state index contributed by atoms with van der Waals surface area (Å²) in [5, 5.41) is 4.39. The van der Waals surface area contributed by atoms with Gasteiger partial charge < -0.3 is 4.90 Å². The molecule has 1 aliphatic heterocycles. The third kappa shape index (κ3) is 3.45. The van der Waals surface area contributed by atoms with Crippen molar-refractivity contribution in [3.05, 3.63) is 71.8 Å².